The Hall–Kier alpha value is -3.02. The van der Waals surface area contributed by atoms with Gasteiger partial charge in [-0.3, -0.25) is 9.59 Å². The first kappa shape index (κ1) is 21.2. The summed E-state index contributed by atoms with van der Waals surface area (Å²) >= 11 is 0. The summed E-state index contributed by atoms with van der Waals surface area (Å²) in [4.78, 5) is 28.1. The van der Waals surface area contributed by atoms with Gasteiger partial charge in [-0.2, -0.15) is 0 Å². The highest BCUT2D eigenvalue weighted by molar-refractivity contribution is 5.97. The first-order valence-electron chi connectivity index (χ1n) is 10.9. The number of amides is 2. The quantitative estimate of drug-likeness (QED) is 0.732. The number of anilines is 1. The summed E-state index contributed by atoms with van der Waals surface area (Å²) in [6.07, 6.45) is 3.23. The van der Waals surface area contributed by atoms with Crippen LogP contribution in [0.5, 0.6) is 11.5 Å². The number of ether oxygens (including phenoxy) is 2. The number of rotatable bonds is 7. The zero-order chi connectivity index (χ0) is 22.0. The lowest BCUT2D eigenvalue weighted by Crippen LogP contribution is -2.48. The summed E-state index contributed by atoms with van der Waals surface area (Å²) in [6.45, 7) is 2.73. The van der Waals surface area contributed by atoms with Crippen molar-refractivity contribution in [3.8, 4) is 11.5 Å². The fourth-order valence-electron chi connectivity index (χ4n) is 4.29. The van der Waals surface area contributed by atoms with Crippen LogP contribution in [0.25, 0.3) is 0 Å². The van der Waals surface area contributed by atoms with Crippen molar-refractivity contribution in [1.82, 2.24) is 5.32 Å². The van der Waals surface area contributed by atoms with Crippen LogP contribution in [-0.2, 0) is 9.59 Å². The van der Waals surface area contributed by atoms with E-state index in [1.807, 2.05) is 49.4 Å². The van der Waals surface area contributed by atoms with Gasteiger partial charge in [0.2, 0.25) is 11.8 Å². The fourth-order valence-corrected chi connectivity index (χ4v) is 4.29. The second-order valence-electron chi connectivity index (χ2n) is 8.49. The topological polar surface area (TPSA) is 67.9 Å². The highest BCUT2D eigenvalue weighted by Gasteiger charge is 2.42. The van der Waals surface area contributed by atoms with Gasteiger partial charge < -0.3 is 19.7 Å². The van der Waals surface area contributed by atoms with Gasteiger partial charge >= 0.3 is 0 Å². The summed E-state index contributed by atoms with van der Waals surface area (Å²) in [6, 6.07) is 13.1. The van der Waals surface area contributed by atoms with E-state index in [-0.39, 0.29) is 17.7 Å². The molecule has 6 nitrogen and oxygen atoms in total. The Morgan fingerprint density at radius 1 is 1.03 bits per heavy atom. The van der Waals surface area contributed by atoms with Gasteiger partial charge in [-0.05, 0) is 61.9 Å². The first-order chi connectivity index (χ1) is 15.0. The number of nitrogens with zero attached hydrogens (tertiary/aromatic N) is 1. The monoisotopic (exact) mass is 422 g/mol. The van der Waals surface area contributed by atoms with Crippen LogP contribution in [0, 0.1) is 18.8 Å². The molecule has 2 amide bonds. The molecule has 1 N–H and O–H groups in total. The van der Waals surface area contributed by atoms with E-state index in [2.05, 4.69) is 5.32 Å². The summed E-state index contributed by atoms with van der Waals surface area (Å²) in [5.41, 5.74) is 2.78. The molecular weight excluding hydrogens is 392 g/mol. The number of benzene rings is 2. The van der Waals surface area contributed by atoms with Crippen molar-refractivity contribution in [1.29, 1.82) is 0 Å². The molecule has 1 saturated carbocycles. The average molecular weight is 423 g/mol. The molecule has 1 aliphatic carbocycles. The number of hydrogen-bond acceptors (Lipinski definition) is 4. The maximum Gasteiger partial charge on any atom is 0.227 e. The molecule has 6 heteroatoms. The Morgan fingerprint density at radius 3 is 2.39 bits per heavy atom. The van der Waals surface area contributed by atoms with Crippen LogP contribution < -0.4 is 19.7 Å². The molecule has 0 aromatic heterocycles. The van der Waals surface area contributed by atoms with Crippen LogP contribution in [0.1, 0.15) is 42.9 Å². The lowest BCUT2D eigenvalue weighted by atomic mass is 9.83. The second-order valence-corrected chi connectivity index (χ2v) is 8.49. The maximum atomic E-state index is 13.2. The third-order valence-corrected chi connectivity index (χ3v) is 6.26. The molecule has 4 rings (SSSR count). The molecule has 2 aromatic rings. The van der Waals surface area contributed by atoms with E-state index >= 15 is 0 Å². The number of carbonyl (C=O) groups is 2. The number of aryl methyl sites for hydroxylation is 1. The zero-order valence-electron chi connectivity index (χ0n) is 18.4. The molecule has 1 saturated heterocycles. The molecule has 2 aromatic carbocycles. The van der Waals surface area contributed by atoms with Crippen molar-refractivity contribution in [2.24, 2.45) is 11.8 Å². The van der Waals surface area contributed by atoms with Gasteiger partial charge in [0.1, 0.15) is 0 Å². The Balaban J connectivity index is 1.74. The summed E-state index contributed by atoms with van der Waals surface area (Å²) in [5.74, 6) is 1.49. The smallest absolute Gasteiger partial charge is 0.227 e. The zero-order valence-corrected chi connectivity index (χ0v) is 18.4. The largest absolute Gasteiger partial charge is 0.493 e. The van der Waals surface area contributed by atoms with E-state index in [0.29, 0.717) is 36.8 Å². The van der Waals surface area contributed by atoms with Crippen molar-refractivity contribution in [3.05, 3.63) is 53.6 Å². The van der Waals surface area contributed by atoms with Crippen LogP contribution >= 0.6 is 0 Å². The Labute approximate surface area is 183 Å². The van der Waals surface area contributed by atoms with E-state index in [4.69, 9.17) is 9.47 Å². The maximum absolute atomic E-state index is 13.2. The Bertz CT molecular complexity index is 952. The van der Waals surface area contributed by atoms with Crippen LogP contribution in [0.4, 0.5) is 5.69 Å². The molecule has 1 heterocycles. The normalized spacial score (nSPS) is 21.0. The van der Waals surface area contributed by atoms with Crippen molar-refractivity contribution in [2.75, 3.05) is 25.7 Å². The van der Waals surface area contributed by atoms with Crippen LogP contribution in [0.2, 0.25) is 0 Å². The molecule has 2 fully saturated rings. The van der Waals surface area contributed by atoms with Crippen LogP contribution in [-0.4, -0.2) is 32.6 Å². The number of carbonyl (C=O) groups excluding carboxylic acids is 2. The third-order valence-electron chi connectivity index (χ3n) is 6.26. The Morgan fingerprint density at radius 2 is 1.74 bits per heavy atom. The van der Waals surface area contributed by atoms with E-state index in [1.54, 1.807) is 19.1 Å². The number of nitrogens with one attached hydrogen (secondary N) is 1. The van der Waals surface area contributed by atoms with Gasteiger partial charge in [0.15, 0.2) is 11.5 Å². The minimum atomic E-state index is -0.414. The highest BCUT2D eigenvalue weighted by Crippen LogP contribution is 2.42. The molecule has 0 radical (unpaired) electrons. The lowest BCUT2D eigenvalue weighted by Gasteiger charge is -2.41. The van der Waals surface area contributed by atoms with E-state index in [9.17, 15) is 9.59 Å². The van der Waals surface area contributed by atoms with E-state index < -0.39 is 6.04 Å². The SMILES string of the molecule is COc1ccc(C2C(C(=O)NCC3CC3)CCC(=O)N2c2ccc(C)cc2)cc1OC. The fraction of sp³-hybridized carbons (Fsp3) is 0.440. The third kappa shape index (κ3) is 4.53. The molecule has 2 atom stereocenters. The van der Waals surface area contributed by atoms with E-state index in [1.165, 1.54) is 12.8 Å². The summed E-state index contributed by atoms with van der Waals surface area (Å²) in [7, 11) is 3.18. The Kier molecular flexibility index (Phi) is 6.16. The van der Waals surface area contributed by atoms with Crippen molar-refractivity contribution in [2.45, 2.75) is 38.6 Å². The van der Waals surface area contributed by atoms with Gasteiger partial charge in [0.25, 0.3) is 0 Å². The molecule has 2 unspecified atom stereocenters. The minimum absolute atomic E-state index is 0.0105. The average Bonchev–Trinajstić information content (AvgIpc) is 3.62. The minimum Gasteiger partial charge on any atom is -0.493 e. The molecule has 2 aliphatic rings. The van der Waals surface area contributed by atoms with Crippen LogP contribution in [0.15, 0.2) is 42.5 Å². The van der Waals surface area contributed by atoms with Crippen molar-refractivity contribution < 1.29 is 19.1 Å². The van der Waals surface area contributed by atoms with Crippen molar-refractivity contribution >= 4 is 17.5 Å². The molecular formula is C25H30N2O4. The van der Waals surface area contributed by atoms with Crippen LogP contribution in [0.3, 0.4) is 0 Å². The molecule has 0 bridgehead atoms. The van der Waals surface area contributed by atoms with Gasteiger partial charge in [-0.25, -0.2) is 0 Å². The lowest BCUT2D eigenvalue weighted by molar-refractivity contribution is -0.129. The van der Waals surface area contributed by atoms with Gasteiger partial charge in [-0.1, -0.05) is 23.8 Å². The summed E-state index contributed by atoms with van der Waals surface area (Å²) < 4.78 is 10.9. The predicted molar refractivity (Wildman–Crippen MR) is 119 cm³/mol. The van der Waals surface area contributed by atoms with Crippen molar-refractivity contribution in [3.63, 3.8) is 0 Å². The standard InChI is InChI=1S/C25H30N2O4/c1-16-4-9-19(10-5-16)27-23(28)13-11-20(25(29)26-15-17-6-7-17)24(27)18-8-12-21(30-2)22(14-18)31-3/h4-5,8-10,12,14,17,20,24H,6-7,11,13,15H2,1-3H3,(H,26,29). The second kappa shape index (κ2) is 9.00. The number of hydrogen-bond donors (Lipinski definition) is 1. The van der Waals surface area contributed by atoms with Gasteiger partial charge in [-0.15, -0.1) is 0 Å². The first-order valence-corrected chi connectivity index (χ1v) is 10.9. The predicted octanol–water partition coefficient (Wildman–Crippen LogP) is 4.02. The number of piperidine rings is 1. The summed E-state index contributed by atoms with van der Waals surface area (Å²) in [5, 5.41) is 3.13. The number of methoxy groups -OCH3 is 2. The molecule has 31 heavy (non-hydrogen) atoms. The highest BCUT2D eigenvalue weighted by atomic mass is 16.5. The molecule has 1 aliphatic heterocycles. The van der Waals surface area contributed by atoms with Gasteiger partial charge in [0, 0.05) is 18.7 Å². The molecule has 164 valence electrons. The molecule has 0 spiro atoms. The van der Waals surface area contributed by atoms with Gasteiger partial charge in [0.05, 0.1) is 26.2 Å². The van der Waals surface area contributed by atoms with E-state index in [0.717, 1.165) is 16.8 Å².